The third-order valence-corrected chi connectivity index (χ3v) is 8.29. The highest BCUT2D eigenvalue weighted by Crippen LogP contribution is 2.86. The fourth-order valence-corrected chi connectivity index (χ4v) is 7.70. The van der Waals surface area contributed by atoms with Crippen molar-refractivity contribution in [2.75, 3.05) is 0 Å². The van der Waals surface area contributed by atoms with Gasteiger partial charge >= 0.3 is 0 Å². The maximum Gasteiger partial charge on any atom is -0.0204 e. The van der Waals surface area contributed by atoms with Crippen LogP contribution in [0.1, 0.15) is 59.8 Å². The van der Waals surface area contributed by atoms with E-state index in [4.69, 9.17) is 0 Å². The zero-order valence-corrected chi connectivity index (χ0v) is 11.3. The van der Waals surface area contributed by atoms with E-state index in [0.29, 0.717) is 10.8 Å². The molecule has 4 aliphatic carbocycles. The van der Waals surface area contributed by atoms with Gasteiger partial charge in [0.2, 0.25) is 0 Å². The lowest BCUT2D eigenvalue weighted by Crippen LogP contribution is -2.38. The first-order chi connectivity index (χ1) is 7.48. The molecule has 7 unspecified atom stereocenters. The summed E-state index contributed by atoms with van der Waals surface area (Å²) in [6.45, 7) is 10.4. The van der Waals surface area contributed by atoms with E-state index in [1.54, 1.807) is 25.7 Å². The molecule has 4 rings (SSSR count). The number of hydrogen-bond acceptors (Lipinski definition) is 0. The predicted molar refractivity (Wildman–Crippen MR) is 67.0 cm³/mol. The van der Waals surface area contributed by atoms with Crippen LogP contribution in [0, 0.1) is 39.9 Å². The first-order valence-electron chi connectivity index (χ1n) is 7.48. The molecule has 90 valence electrons. The van der Waals surface area contributed by atoms with Crippen LogP contribution in [-0.4, -0.2) is 0 Å². The molecule has 1 spiro atoms. The number of hydrogen-bond donors (Lipinski definition) is 0. The highest BCUT2D eigenvalue weighted by molar-refractivity contribution is 5.27. The largest absolute Gasteiger partial charge is 0.0651 e. The van der Waals surface area contributed by atoms with Gasteiger partial charge in [-0.05, 0) is 65.6 Å². The second-order valence-electron chi connectivity index (χ2n) is 8.09. The molecule has 0 radical (unpaired) electrons. The lowest BCUT2D eigenvalue weighted by Gasteiger charge is -2.45. The van der Waals surface area contributed by atoms with Crippen molar-refractivity contribution in [1.82, 2.24) is 0 Å². The molecule has 0 aliphatic heterocycles. The Balaban J connectivity index is 1.95. The fourth-order valence-electron chi connectivity index (χ4n) is 7.70. The molecule has 0 heterocycles. The van der Waals surface area contributed by atoms with Crippen molar-refractivity contribution >= 4 is 0 Å². The monoisotopic (exact) mass is 218 g/mol. The molecule has 0 nitrogen and oxygen atoms in total. The van der Waals surface area contributed by atoms with E-state index < -0.39 is 0 Å². The van der Waals surface area contributed by atoms with Gasteiger partial charge in [0.15, 0.2) is 0 Å². The van der Waals surface area contributed by atoms with Gasteiger partial charge in [0.1, 0.15) is 0 Å². The van der Waals surface area contributed by atoms with Gasteiger partial charge < -0.3 is 0 Å². The van der Waals surface area contributed by atoms with Gasteiger partial charge in [-0.2, -0.15) is 0 Å². The molecule has 0 amide bonds. The fraction of sp³-hybridized carbons (Fsp3) is 1.00. The highest BCUT2D eigenvalue weighted by atomic mass is 14.8. The number of rotatable bonds is 1. The summed E-state index contributed by atoms with van der Waals surface area (Å²) in [6.07, 6.45) is 7.76. The second kappa shape index (κ2) is 2.40. The van der Waals surface area contributed by atoms with Crippen LogP contribution in [0.5, 0.6) is 0 Å². The van der Waals surface area contributed by atoms with Gasteiger partial charge in [-0.15, -0.1) is 0 Å². The van der Waals surface area contributed by atoms with Crippen molar-refractivity contribution in [3.63, 3.8) is 0 Å². The topological polar surface area (TPSA) is 0 Å². The van der Waals surface area contributed by atoms with Crippen LogP contribution in [-0.2, 0) is 0 Å². The summed E-state index contributed by atoms with van der Waals surface area (Å²) in [5, 5.41) is 0. The molecular weight excluding hydrogens is 192 g/mol. The number of fused-ring (bicyclic) bond motifs is 4. The lowest BCUT2D eigenvalue weighted by atomic mass is 9.59. The molecule has 0 aromatic carbocycles. The average molecular weight is 218 g/mol. The molecule has 4 aliphatic rings. The first-order valence-corrected chi connectivity index (χ1v) is 7.48. The first kappa shape index (κ1) is 9.97. The quantitative estimate of drug-likeness (QED) is 0.608. The van der Waals surface area contributed by atoms with Gasteiger partial charge in [0, 0.05) is 0 Å². The third-order valence-electron chi connectivity index (χ3n) is 8.29. The van der Waals surface area contributed by atoms with Crippen LogP contribution >= 0.6 is 0 Å². The Labute approximate surface area is 100 Å². The van der Waals surface area contributed by atoms with E-state index in [0.717, 1.165) is 29.1 Å². The molecule has 0 aromatic rings. The van der Waals surface area contributed by atoms with E-state index in [1.165, 1.54) is 6.42 Å². The average Bonchev–Trinajstić information content (AvgIpc) is 2.54. The third kappa shape index (κ3) is 0.680. The lowest BCUT2D eigenvalue weighted by molar-refractivity contribution is 0.0321. The van der Waals surface area contributed by atoms with Crippen LogP contribution < -0.4 is 0 Å². The minimum absolute atomic E-state index is 0.716. The summed E-state index contributed by atoms with van der Waals surface area (Å²) >= 11 is 0. The zero-order valence-electron chi connectivity index (χ0n) is 11.3. The minimum Gasteiger partial charge on any atom is -0.0651 e. The van der Waals surface area contributed by atoms with Crippen LogP contribution in [0.2, 0.25) is 0 Å². The Morgan fingerprint density at radius 1 is 1.19 bits per heavy atom. The minimum atomic E-state index is 0.716. The van der Waals surface area contributed by atoms with Crippen molar-refractivity contribution in [2.45, 2.75) is 59.8 Å². The zero-order chi connectivity index (χ0) is 11.3. The van der Waals surface area contributed by atoms with E-state index in [-0.39, 0.29) is 0 Å². The smallest absolute Gasteiger partial charge is 0.0204 e. The van der Waals surface area contributed by atoms with Crippen LogP contribution in [0.25, 0.3) is 0 Å². The van der Waals surface area contributed by atoms with Crippen LogP contribution in [0.3, 0.4) is 0 Å². The van der Waals surface area contributed by atoms with Crippen molar-refractivity contribution in [3.8, 4) is 0 Å². The highest BCUT2D eigenvalue weighted by Gasteiger charge is 2.79. The predicted octanol–water partition coefficient (Wildman–Crippen LogP) is 4.49. The van der Waals surface area contributed by atoms with Gasteiger partial charge in [0.25, 0.3) is 0 Å². The van der Waals surface area contributed by atoms with Crippen molar-refractivity contribution in [2.24, 2.45) is 39.9 Å². The normalized spacial score (nSPS) is 70.5. The van der Waals surface area contributed by atoms with Crippen molar-refractivity contribution in [1.29, 1.82) is 0 Å². The summed E-state index contributed by atoms with van der Waals surface area (Å²) in [5.41, 5.74) is 2.21. The summed E-state index contributed by atoms with van der Waals surface area (Å²) in [4.78, 5) is 0. The molecule has 16 heavy (non-hydrogen) atoms. The molecular formula is C16H26. The summed E-state index contributed by atoms with van der Waals surface area (Å²) < 4.78 is 0. The van der Waals surface area contributed by atoms with Gasteiger partial charge in [0.05, 0.1) is 0 Å². The van der Waals surface area contributed by atoms with Crippen LogP contribution in [0.4, 0.5) is 0 Å². The Morgan fingerprint density at radius 2 is 1.94 bits per heavy atom. The van der Waals surface area contributed by atoms with E-state index in [1.807, 2.05) is 0 Å². The molecule has 4 saturated carbocycles. The molecule has 0 saturated heterocycles. The van der Waals surface area contributed by atoms with Crippen LogP contribution in [0.15, 0.2) is 0 Å². The van der Waals surface area contributed by atoms with Gasteiger partial charge in [-0.1, -0.05) is 34.1 Å². The standard InChI is InChI=1S/C16H26/c1-5-13-11-6-12-8-16(7-11)10(2)14(12,3)9-15(13,16)4/h10-13H,5-9H2,1-4H3. The Kier molecular flexibility index (Phi) is 1.50. The second-order valence-corrected chi connectivity index (χ2v) is 8.09. The maximum absolute atomic E-state index is 2.67. The molecule has 0 aromatic heterocycles. The van der Waals surface area contributed by atoms with E-state index in [2.05, 4.69) is 27.7 Å². The van der Waals surface area contributed by atoms with Gasteiger partial charge in [-0.25, -0.2) is 0 Å². The maximum atomic E-state index is 2.67. The Hall–Kier alpha value is 0. The molecule has 0 N–H and O–H groups in total. The van der Waals surface area contributed by atoms with Crippen molar-refractivity contribution in [3.05, 3.63) is 0 Å². The summed E-state index contributed by atoms with van der Waals surface area (Å²) in [7, 11) is 0. The Bertz CT molecular complexity index is 359. The molecule has 0 heteroatoms. The molecule has 7 atom stereocenters. The summed E-state index contributed by atoms with van der Waals surface area (Å²) in [6, 6.07) is 0. The van der Waals surface area contributed by atoms with Crippen molar-refractivity contribution < 1.29 is 0 Å². The molecule has 4 fully saturated rings. The molecule has 4 bridgehead atoms. The van der Waals surface area contributed by atoms with Gasteiger partial charge in [-0.3, -0.25) is 0 Å². The summed E-state index contributed by atoms with van der Waals surface area (Å²) in [5.74, 6) is 4.26. The van der Waals surface area contributed by atoms with E-state index in [9.17, 15) is 0 Å². The Morgan fingerprint density at radius 3 is 2.62 bits per heavy atom. The SMILES string of the molecule is CCC1C2CC3CC4(C2)C(C)C3(C)CC14C. The van der Waals surface area contributed by atoms with E-state index >= 15 is 0 Å².